The zero-order valence-corrected chi connectivity index (χ0v) is 16.0. The summed E-state index contributed by atoms with van der Waals surface area (Å²) < 4.78 is 32.1. The highest BCUT2D eigenvalue weighted by molar-refractivity contribution is 7.89. The lowest BCUT2D eigenvalue weighted by molar-refractivity contribution is 0.0947. The third-order valence-corrected chi connectivity index (χ3v) is 5.29. The van der Waals surface area contributed by atoms with Gasteiger partial charge in [0.25, 0.3) is 5.91 Å². The average Bonchev–Trinajstić information content (AvgIpc) is 2.60. The summed E-state index contributed by atoms with van der Waals surface area (Å²) in [7, 11) is -3.48. The van der Waals surface area contributed by atoms with Crippen LogP contribution in [0.1, 0.15) is 28.4 Å². The second-order valence-electron chi connectivity index (χ2n) is 5.90. The number of carbonyl (C=O) groups excluding carboxylic acids is 1. The Hall–Kier alpha value is -2.38. The number of benzene rings is 2. The van der Waals surface area contributed by atoms with Gasteiger partial charge in [0, 0.05) is 12.1 Å². The Labute approximate surface area is 154 Å². The molecule has 0 aliphatic carbocycles. The molecule has 140 valence electrons. The van der Waals surface area contributed by atoms with Crippen molar-refractivity contribution >= 4 is 15.9 Å². The lowest BCUT2D eigenvalue weighted by Gasteiger charge is -2.12. The van der Waals surface area contributed by atoms with E-state index in [1.807, 2.05) is 19.1 Å². The van der Waals surface area contributed by atoms with Gasteiger partial charge in [0.1, 0.15) is 12.4 Å². The number of amides is 1. The molecule has 0 aliphatic heterocycles. The SMILES string of the molecule is CCNS(=O)(=O)c1ccc(OCCNC(=O)c2ccc(C)cc2)c(C)c1. The van der Waals surface area contributed by atoms with Crippen molar-refractivity contribution in [3.63, 3.8) is 0 Å². The second kappa shape index (κ2) is 8.82. The first-order valence-electron chi connectivity index (χ1n) is 8.41. The van der Waals surface area contributed by atoms with Gasteiger partial charge in [-0.05, 0) is 49.7 Å². The van der Waals surface area contributed by atoms with Crippen LogP contribution in [0.15, 0.2) is 47.4 Å². The van der Waals surface area contributed by atoms with E-state index < -0.39 is 10.0 Å². The van der Waals surface area contributed by atoms with E-state index in [4.69, 9.17) is 4.74 Å². The summed E-state index contributed by atoms with van der Waals surface area (Å²) in [5.41, 5.74) is 2.42. The predicted octanol–water partition coefficient (Wildman–Crippen LogP) is 2.41. The molecule has 0 spiro atoms. The van der Waals surface area contributed by atoms with E-state index in [0.29, 0.717) is 30.0 Å². The van der Waals surface area contributed by atoms with Crippen LogP contribution in [0, 0.1) is 13.8 Å². The summed E-state index contributed by atoms with van der Waals surface area (Å²) in [4.78, 5) is 12.2. The molecule has 2 rings (SSSR count). The molecular formula is C19H24N2O4S. The topological polar surface area (TPSA) is 84.5 Å². The Morgan fingerprint density at radius 1 is 1.08 bits per heavy atom. The Balaban J connectivity index is 1.88. The van der Waals surface area contributed by atoms with Gasteiger partial charge in [-0.25, -0.2) is 13.1 Å². The molecule has 2 aromatic rings. The van der Waals surface area contributed by atoms with Gasteiger partial charge in [-0.15, -0.1) is 0 Å². The monoisotopic (exact) mass is 376 g/mol. The van der Waals surface area contributed by atoms with Crippen LogP contribution in [0.5, 0.6) is 5.75 Å². The van der Waals surface area contributed by atoms with Crippen LogP contribution in [-0.2, 0) is 10.0 Å². The van der Waals surface area contributed by atoms with Crippen molar-refractivity contribution in [3.8, 4) is 5.75 Å². The van der Waals surface area contributed by atoms with Crippen LogP contribution in [0.2, 0.25) is 0 Å². The maximum Gasteiger partial charge on any atom is 0.251 e. The molecule has 2 N–H and O–H groups in total. The molecule has 1 amide bonds. The van der Waals surface area contributed by atoms with Gasteiger partial charge >= 0.3 is 0 Å². The normalized spacial score (nSPS) is 11.2. The summed E-state index contributed by atoms with van der Waals surface area (Å²) in [6, 6.07) is 12.0. The first kappa shape index (κ1) is 19.9. The zero-order chi connectivity index (χ0) is 19.2. The molecule has 0 atom stereocenters. The fourth-order valence-electron chi connectivity index (χ4n) is 2.36. The Morgan fingerprint density at radius 3 is 2.38 bits per heavy atom. The van der Waals surface area contributed by atoms with Gasteiger partial charge in [-0.3, -0.25) is 4.79 Å². The molecule has 0 radical (unpaired) electrons. The fourth-order valence-corrected chi connectivity index (χ4v) is 3.48. The highest BCUT2D eigenvalue weighted by atomic mass is 32.2. The minimum Gasteiger partial charge on any atom is -0.491 e. The second-order valence-corrected chi connectivity index (χ2v) is 7.67. The largest absolute Gasteiger partial charge is 0.491 e. The highest BCUT2D eigenvalue weighted by Gasteiger charge is 2.14. The first-order chi connectivity index (χ1) is 12.3. The molecule has 0 fully saturated rings. The van der Waals surface area contributed by atoms with Crippen molar-refractivity contribution in [2.75, 3.05) is 19.7 Å². The van der Waals surface area contributed by atoms with Crippen molar-refractivity contribution in [1.29, 1.82) is 0 Å². The third-order valence-electron chi connectivity index (χ3n) is 3.75. The molecule has 6 nitrogen and oxygen atoms in total. The van der Waals surface area contributed by atoms with E-state index in [-0.39, 0.29) is 17.4 Å². The van der Waals surface area contributed by atoms with Crippen molar-refractivity contribution in [2.45, 2.75) is 25.7 Å². The highest BCUT2D eigenvalue weighted by Crippen LogP contribution is 2.21. The molecule has 2 aromatic carbocycles. The number of hydrogen-bond donors (Lipinski definition) is 2. The van der Waals surface area contributed by atoms with Crippen LogP contribution in [0.3, 0.4) is 0 Å². The maximum atomic E-state index is 12.0. The quantitative estimate of drug-likeness (QED) is 0.693. The van der Waals surface area contributed by atoms with E-state index in [1.165, 1.54) is 6.07 Å². The molecule has 0 unspecified atom stereocenters. The number of ether oxygens (including phenoxy) is 1. The summed E-state index contributed by atoms with van der Waals surface area (Å²) in [6.45, 7) is 6.45. The van der Waals surface area contributed by atoms with Crippen molar-refractivity contribution < 1.29 is 17.9 Å². The van der Waals surface area contributed by atoms with E-state index >= 15 is 0 Å². The van der Waals surface area contributed by atoms with E-state index in [0.717, 1.165) is 5.56 Å². The Bertz CT molecular complexity index is 862. The van der Waals surface area contributed by atoms with E-state index in [1.54, 1.807) is 38.1 Å². The molecule has 0 heterocycles. The molecule has 26 heavy (non-hydrogen) atoms. The van der Waals surface area contributed by atoms with Gasteiger partial charge < -0.3 is 10.1 Å². The Morgan fingerprint density at radius 2 is 1.77 bits per heavy atom. The fraction of sp³-hybridized carbons (Fsp3) is 0.316. The van der Waals surface area contributed by atoms with E-state index in [2.05, 4.69) is 10.0 Å². The minimum absolute atomic E-state index is 0.155. The van der Waals surface area contributed by atoms with Crippen LogP contribution in [0.25, 0.3) is 0 Å². The van der Waals surface area contributed by atoms with Crippen LogP contribution < -0.4 is 14.8 Å². The molecule has 7 heteroatoms. The van der Waals surface area contributed by atoms with Crippen molar-refractivity contribution in [1.82, 2.24) is 10.0 Å². The number of rotatable bonds is 8. The van der Waals surface area contributed by atoms with E-state index in [9.17, 15) is 13.2 Å². The minimum atomic E-state index is -3.48. The maximum absolute atomic E-state index is 12.0. The van der Waals surface area contributed by atoms with Gasteiger partial charge in [0.15, 0.2) is 0 Å². The van der Waals surface area contributed by atoms with Crippen molar-refractivity contribution in [2.24, 2.45) is 0 Å². The standard InChI is InChI=1S/C19H24N2O4S/c1-4-21-26(23,24)17-9-10-18(15(3)13-17)25-12-11-20-19(22)16-7-5-14(2)6-8-16/h5-10,13,21H,4,11-12H2,1-3H3,(H,20,22). The van der Waals surface area contributed by atoms with Gasteiger partial charge in [0.05, 0.1) is 11.4 Å². The van der Waals surface area contributed by atoms with Gasteiger partial charge in [0.2, 0.25) is 10.0 Å². The number of nitrogens with one attached hydrogen (secondary N) is 2. The lowest BCUT2D eigenvalue weighted by atomic mass is 10.1. The first-order valence-corrected chi connectivity index (χ1v) is 9.90. The molecule has 0 aliphatic rings. The summed E-state index contributed by atoms with van der Waals surface area (Å²) in [5.74, 6) is 0.433. The van der Waals surface area contributed by atoms with Gasteiger partial charge in [-0.2, -0.15) is 0 Å². The lowest BCUT2D eigenvalue weighted by Crippen LogP contribution is -2.28. The number of carbonyl (C=O) groups is 1. The number of sulfonamides is 1. The number of hydrogen-bond acceptors (Lipinski definition) is 4. The van der Waals surface area contributed by atoms with Crippen LogP contribution >= 0.6 is 0 Å². The predicted molar refractivity (Wildman–Crippen MR) is 101 cm³/mol. The summed E-state index contributed by atoms with van der Waals surface area (Å²) in [6.07, 6.45) is 0. The molecule has 0 aromatic heterocycles. The van der Waals surface area contributed by atoms with Crippen LogP contribution in [-0.4, -0.2) is 34.0 Å². The zero-order valence-electron chi connectivity index (χ0n) is 15.2. The summed E-state index contributed by atoms with van der Waals surface area (Å²) in [5, 5.41) is 2.79. The molecule has 0 saturated carbocycles. The smallest absolute Gasteiger partial charge is 0.251 e. The van der Waals surface area contributed by atoms with Crippen molar-refractivity contribution in [3.05, 3.63) is 59.2 Å². The van der Waals surface area contributed by atoms with Crippen LogP contribution in [0.4, 0.5) is 0 Å². The average molecular weight is 376 g/mol. The van der Waals surface area contributed by atoms with Gasteiger partial charge in [-0.1, -0.05) is 24.6 Å². The number of aryl methyl sites for hydroxylation is 2. The summed E-state index contributed by atoms with van der Waals surface area (Å²) >= 11 is 0. The molecule has 0 bridgehead atoms. The molecule has 0 saturated heterocycles. The Kier molecular flexibility index (Phi) is 6.76. The third kappa shape index (κ3) is 5.31. The molecular weight excluding hydrogens is 352 g/mol.